The zero-order valence-corrected chi connectivity index (χ0v) is 14.7. The van der Waals surface area contributed by atoms with Gasteiger partial charge in [0.1, 0.15) is 0 Å². The van der Waals surface area contributed by atoms with Crippen LogP contribution in [0.15, 0.2) is 24.3 Å². The van der Waals surface area contributed by atoms with Crippen LogP contribution >= 0.6 is 11.3 Å². The van der Waals surface area contributed by atoms with E-state index in [1.807, 2.05) is 13.8 Å². The highest BCUT2D eigenvalue weighted by Crippen LogP contribution is 2.38. The molecule has 0 spiro atoms. The number of anilines is 2. The maximum atomic E-state index is 12.3. The Kier molecular flexibility index (Phi) is 4.30. The van der Waals surface area contributed by atoms with Crippen LogP contribution in [0.3, 0.4) is 0 Å². The largest absolute Gasteiger partial charge is 0.351 e. The van der Waals surface area contributed by atoms with E-state index >= 15 is 0 Å². The van der Waals surface area contributed by atoms with Gasteiger partial charge in [-0.1, -0.05) is 25.2 Å². The number of carbonyl (C=O) groups is 3. The lowest BCUT2D eigenvalue weighted by molar-refractivity contribution is 0.0915. The molecular formula is C17H18N4O3S. The molecule has 0 atom stereocenters. The molecule has 0 saturated carbocycles. The monoisotopic (exact) mass is 358 g/mol. The first-order chi connectivity index (χ1) is 11.7. The molecule has 2 aromatic rings. The highest BCUT2D eigenvalue weighted by molar-refractivity contribution is 7.17. The maximum Gasteiger partial charge on any atom is 0.316 e. The number of hydrogen-bond acceptors (Lipinski definition) is 5. The van der Waals surface area contributed by atoms with Gasteiger partial charge >= 0.3 is 6.03 Å². The van der Waals surface area contributed by atoms with Crippen molar-refractivity contribution >= 4 is 39.9 Å². The summed E-state index contributed by atoms with van der Waals surface area (Å²) in [4.78, 5) is 40.4. The zero-order chi connectivity index (χ0) is 18.2. The molecule has 1 aromatic carbocycles. The standard InChI is InChI=1S/C17H18N4O3S/c1-17(2)7-11-13(12(22)8-17)25-16(20-11)21-14(23)9-3-5-10(6-4-9)19-15(18)24/h3-6H,7-8H2,1-2H3,(H3,18,19,24)(H,20,21,23). The molecule has 1 aliphatic carbocycles. The Hall–Kier alpha value is -2.74. The summed E-state index contributed by atoms with van der Waals surface area (Å²) < 4.78 is 0. The van der Waals surface area contributed by atoms with Crippen molar-refractivity contribution in [2.45, 2.75) is 26.7 Å². The Labute approximate surface area is 148 Å². The zero-order valence-electron chi connectivity index (χ0n) is 13.9. The molecular weight excluding hydrogens is 340 g/mol. The first-order valence-corrected chi connectivity index (χ1v) is 8.56. The number of benzene rings is 1. The summed E-state index contributed by atoms with van der Waals surface area (Å²) in [5, 5.41) is 5.57. The van der Waals surface area contributed by atoms with Gasteiger partial charge in [0.15, 0.2) is 10.9 Å². The van der Waals surface area contributed by atoms with Crippen LogP contribution in [-0.2, 0) is 6.42 Å². The number of urea groups is 1. The molecule has 8 heteroatoms. The number of Topliss-reactive ketones (excluding diaryl/α,β-unsaturated/α-hetero) is 1. The van der Waals surface area contributed by atoms with Crippen molar-refractivity contribution in [3.63, 3.8) is 0 Å². The number of carbonyl (C=O) groups excluding carboxylic acids is 3. The summed E-state index contributed by atoms with van der Waals surface area (Å²) in [5.74, 6) is -0.255. The van der Waals surface area contributed by atoms with E-state index < -0.39 is 6.03 Å². The molecule has 1 heterocycles. The fourth-order valence-electron chi connectivity index (χ4n) is 2.79. The first kappa shape index (κ1) is 17.1. The summed E-state index contributed by atoms with van der Waals surface area (Å²) in [7, 11) is 0. The van der Waals surface area contributed by atoms with E-state index in [1.165, 1.54) is 11.3 Å². The number of primary amides is 1. The molecule has 0 bridgehead atoms. The van der Waals surface area contributed by atoms with Crippen molar-refractivity contribution in [2.75, 3.05) is 10.6 Å². The van der Waals surface area contributed by atoms with Gasteiger partial charge in [0.05, 0.1) is 10.6 Å². The Morgan fingerprint density at radius 2 is 1.84 bits per heavy atom. The summed E-state index contributed by atoms with van der Waals surface area (Å²) >= 11 is 1.21. The summed E-state index contributed by atoms with van der Waals surface area (Å²) in [6.07, 6.45) is 1.21. The van der Waals surface area contributed by atoms with Crippen molar-refractivity contribution in [1.82, 2.24) is 4.98 Å². The number of nitrogens with two attached hydrogens (primary N) is 1. The normalized spacial score (nSPS) is 15.4. The molecule has 1 aromatic heterocycles. The van der Waals surface area contributed by atoms with Gasteiger partial charge in [-0.2, -0.15) is 0 Å². The van der Waals surface area contributed by atoms with E-state index in [2.05, 4.69) is 15.6 Å². The van der Waals surface area contributed by atoms with Gasteiger partial charge in [-0.25, -0.2) is 9.78 Å². The highest BCUT2D eigenvalue weighted by atomic mass is 32.1. The number of rotatable bonds is 3. The van der Waals surface area contributed by atoms with Crippen molar-refractivity contribution < 1.29 is 14.4 Å². The second kappa shape index (κ2) is 6.29. The Morgan fingerprint density at radius 3 is 2.48 bits per heavy atom. The molecule has 25 heavy (non-hydrogen) atoms. The van der Waals surface area contributed by atoms with Crippen molar-refractivity contribution in [3.05, 3.63) is 40.4 Å². The lowest BCUT2D eigenvalue weighted by Crippen LogP contribution is -2.26. The second-order valence-electron chi connectivity index (χ2n) is 6.76. The van der Waals surface area contributed by atoms with Gasteiger partial charge in [0, 0.05) is 17.7 Å². The molecule has 0 aliphatic heterocycles. The predicted molar refractivity (Wildman–Crippen MR) is 96.1 cm³/mol. The van der Waals surface area contributed by atoms with Crippen LogP contribution in [0.2, 0.25) is 0 Å². The maximum absolute atomic E-state index is 12.3. The average molecular weight is 358 g/mol. The van der Waals surface area contributed by atoms with E-state index in [9.17, 15) is 14.4 Å². The van der Waals surface area contributed by atoms with Crippen LogP contribution < -0.4 is 16.4 Å². The third kappa shape index (κ3) is 3.85. The van der Waals surface area contributed by atoms with Gasteiger partial charge < -0.3 is 11.1 Å². The van der Waals surface area contributed by atoms with Crippen LogP contribution in [0.4, 0.5) is 15.6 Å². The third-order valence-electron chi connectivity index (χ3n) is 3.87. The second-order valence-corrected chi connectivity index (χ2v) is 7.76. The number of hydrogen-bond donors (Lipinski definition) is 3. The fourth-order valence-corrected chi connectivity index (χ4v) is 3.70. The van der Waals surface area contributed by atoms with Crippen molar-refractivity contribution in [3.8, 4) is 0 Å². The lowest BCUT2D eigenvalue weighted by Gasteiger charge is -2.26. The summed E-state index contributed by atoms with van der Waals surface area (Å²) in [6.45, 7) is 4.07. The number of ketones is 1. The van der Waals surface area contributed by atoms with E-state index in [4.69, 9.17) is 5.73 Å². The highest BCUT2D eigenvalue weighted by Gasteiger charge is 2.34. The molecule has 130 valence electrons. The molecule has 0 unspecified atom stereocenters. The molecule has 3 amide bonds. The summed E-state index contributed by atoms with van der Waals surface area (Å²) in [5.41, 5.74) is 6.60. The predicted octanol–water partition coefficient (Wildman–Crippen LogP) is 3.04. The van der Waals surface area contributed by atoms with Gasteiger partial charge in [0.2, 0.25) is 0 Å². The van der Waals surface area contributed by atoms with Crippen molar-refractivity contribution in [1.29, 1.82) is 0 Å². The SMILES string of the molecule is CC1(C)CC(=O)c2sc(NC(=O)c3ccc(NC(N)=O)cc3)nc2C1. The van der Waals surface area contributed by atoms with Crippen LogP contribution in [0, 0.1) is 5.41 Å². The van der Waals surface area contributed by atoms with E-state index in [1.54, 1.807) is 24.3 Å². The van der Waals surface area contributed by atoms with Crippen LogP contribution in [-0.4, -0.2) is 22.7 Å². The fraction of sp³-hybridized carbons (Fsp3) is 0.294. The molecule has 3 rings (SSSR count). The minimum Gasteiger partial charge on any atom is -0.351 e. The topological polar surface area (TPSA) is 114 Å². The smallest absolute Gasteiger partial charge is 0.316 e. The minimum absolute atomic E-state index is 0.0751. The Morgan fingerprint density at radius 1 is 1.16 bits per heavy atom. The molecule has 4 N–H and O–H groups in total. The van der Waals surface area contributed by atoms with Crippen LogP contribution in [0.1, 0.15) is 46.0 Å². The third-order valence-corrected chi connectivity index (χ3v) is 4.92. The molecule has 0 radical (unpaired) electrons. The van der Waals surface area contributed by atoms with E-state index in [0.717, 1.165) is 5.69 Å². The molecule has 0 saturated heterocycles. The Bertz CT molecular complexity index is 855. The molecule has 7 nitrogen and oxygen atoms in total. The number of aromatic nitrogens is 1. The minimum atomic E-state index is -0.668. The van der Waals surface area contributed by atoms with Crippen LogP contribution in [0.25, 0.3) is 0 Å². The van der Waals surface area contributed by atoms with E-state index in [-0.39, 0.29) is 17.1 Å². The van der Waals surface area contributed by atoms with Gasteiger partial charge in [0.25, 0.3) is 5.91 Å². The molecule has 0 fully saturated rings. The summed E-state index contributed by atoms with van der Waals surface area (Å²) in [6, 6.07) is 5.64. The van der Waals surface area contributed by atoms with Gasteiger partial charge in [-0.05, 0) is 36.1 Å². The van der Waals surface area contributed by atoms with Gasteiger partial charge in [-0.3, -0.25) is 14.9 Å². The number of nitrogens with zero attached hydrogens (tertiary/aromatic N) is 1. The lowest BCUT2D eigenvalue weighted by atomic mass is 9.78. The molecule has 1 aliphatic rings. The Balaban J connectivity index is 1.74. The van der Waals surface area contributed by atoms with E-state index in [0.29, 0.717) is 34.1 Å². The average Bonchev–Trinajstić information content (AvgIpc) is 2.88. The number of amides is 3. The first-order valence-electron chi connectivity index (χ1n) is 7.74. The van der Waals surface area contributed by atoms with Crippen LogP contribution in [0.5, 0.6) is 0 Å². The quantitative estimate of drug-likeness (QED) is 0.782. The van der Waals surface area contributed by atoms with Crippen molar-refractivity contribution in [2.24, 2.45) is 11.1 Å². The number of nitrogens with one attached hydrogen (secondary N) is 2. The van der Waals surface area contributed by atoms with Gasteiger partial charge in [-0.15, -0.1) is 0 Å². The number of thiazole rings is 1. The number of fused-ring (bicyclic) bond motifs is 1.